The van der Waals surface area contributed by atoms with Gasteiger partial charge in [0.2, 0.25) is 0 Å². The highest BCUT2D eigenvalue weighted by molar-refractivity contribution is 6.06. The van der Waals surface area contributed by atoms with Crippen LogP contribution < -0.4 is 10.1 Å². The summed E-state index contributed by atoms with van der Waals surface area (Å²) in [6.07, 6.45) is 3.20. The molecule has 1 aliphatic rings. The lowest BCUT2D eigenvalue weighted by atomic mass is 9.97. The van der Waals surface area contributed by atoms with Crippen molar-refractivity contribution in [2.45, 2.75) is 65.0 Å². The first-order valence-electron chi connectivity index (χ1n) is 12.2. The van der Waals surface area contributed by atoms with Crippen molar-refractivity contribution >= 4 is 17.5 Å². The minimum atomic E-state index is -0.254. The Balaban J connectivity index is 1.39. The van der Waals surface area contributed by atoms with Gasteiger partial charge < -0.3 is 15.0 Å². The number of nitrogens with zero attached hydrogens (tertiary/aromatic N) is 3. The summed E-state index contributed by atoms with van der Waals surface area (Å²) in [4.78, 5) is 32.1. The predicted octanol–water partition coefficient (Wildman–Crippen LogP) is 5.02. The topological polar surface area (TPSA) is 100 Å². The molecule has 2 amide bonds. The molecule has 2 aromatic carbocycles. The summed E-state index contributed by atoms with van der Waals surface area (Å²) in [7, 11) is 0. The van der Waals surface area contributed by atoms with E-state index in [9.17, 15) is 9.59 Å². The van der Waals surface area contributed by atoms with E-state index in [2.05, 4.69) is 34.3 Å². The first kappa shape index (κ1) is 24.4. The zero-order valence-corrected chi connectivity index (χ0v) is 20.7. The smallest absolute Gasteiger partial charge is 0.260 e. The Morgan fingerprint density at radius 2 is 1.77 bits per heavy atom. The number of ether oxygens (including phenoxy) is 1. The van der Waals surface area contributed by atoms with Crippen LogP contribution in [-0.4, -0.2) is 50.6 Å². The van der Waals surface area contributed by atoms with Crippen LogP contribution in [0.25, 0.3) is 11.4 Å². The van der Waals surface area contributed by atoms with Crippen LogP contribution in [0.15, 0.2) is 48.5 Å². The number of H-pyrrole nitrogens is 1. The maximum absolute atomic E-state index is 12.9. The molecule has 1 fully saturated rings. The van der Waals surface area contributed by atoms with Gasteiger partial charge in [0.15, 0.2) is 12.4 Å². The number of para-hydroxylation sites is 1. The molecule has 3 aromatic rings. The van der Waals surface area contributed by atoms with Crippen molar-refractivity contribution < 1.29 is 14.3 Å². The third-order valence-corrected chi connectivity index (χ3v) is 6.43. The summed E-state index contributed by atoms with van der Waals surface area (Å²) in [5.74, 6) is 1.84. The Kier molecular flexibility index (Phi) is 7.48. The van der Waals surface area contributed by atoms with Gasteiger partial charge in [0.1, 0.15) is 11.6 Å². The lowest BCUT2D eigenvalue weighted by Gasteiger charge is -2.38. The number of rotatable bonds is 7. The van der Waals surface area contributed by atoms with Gasteiger partial charge in [-0.1, -0.05) is 26.0 Å². The standard InChI is InChI=1S/C27H33N5O3/c1-17(2)25-29-26(31-30-25)22-10-5-6-11-23(22)28-27(34)20-12-14-21(15-13-20)35-16-24(33)32-18(3)8-7-9-19(32)4/h5-6,10-15,17-19H,7-9,16H2,1-4H3,(H,28,34)(H,29,30,31). The highest BCUT2D eigenvalue weighted by atomic mass is 16.5. The number of amides is 2. The van der Waals surface area contributed by atoms with E-state index < -0.39 is 0 Å². The average Bonchev–Trinajstić information content (AvgIpc) is 3.34. The fourth-order valence-electron chi connectivity index (χ4n) is 4.47. The molecule has 0 bridgehead atoms. The number of likely N-dealkylation sites (tertiary alicyclic amines) is 1. The van der Waals surface area contributed by atoms with E-state index in [1.807, 2.05) is 43.0 Å². The Morgan fingerprint density at radius 1 is 1.09 bits per heavy atom. The van der Waals surface area contributed by atoms with Crippen LogP contribution in [-0.2, 0) is 4.79 Å². The van der Waals surface area contributed by atoms with Gasteiger partial charge >= 0.3 is 0 Å². The van der Waals surface area contributed by atoms with Crippen molar-refractivity contribution in [1.29, 1.82) is 0 Å². The molecule has 184 valence electrons. The van der Waals surface area contributed by atoms with E-state index in [0.717, 1.165) is 30.7 Å². The quantitative estimate of drug-likeness (QED) is 0.500. The molecule has 2 heterocycles. The van der Waals surface area contributed by atoms with Crippen molar-refractivity contribution in [1.82, 2.24) is 20.1 Å². The number of hydrogen-bond acceptors (Lipinski definition) is 5. The maximum Gasteiger partial charge on any atom is 0.260 e. The number of carbonyl (C=O) groups is 2. The molecule has 8 heteroatoms. The van der Waals surface area contributed by atoms with Gasteiger partial charge in [0.25, 0.3) is 11.8 Å². The molecule has 1 aliphatic heterocycles. The number of hydrogen-bond donors (Lipinski definition) is 2. The molecular weight excluding hydrogens is 442 g/mol. The summed E-state index contributed by atoms with van der Waals surface area (Å²) in [6.45, 7) is 8.24. The molecule has 0 spiro atoms. The lowest BCUT2D eigenvalue weighted by molar-refractivity contribution is -0.139. The molecule has 2 unspecified atom stereocenters. The van der Waals surface area contributed by atoms with Crippen LogP contribution >= 0.6 is 0 Å². The largest absolute Gasteiger partial charge is 0.484 e. The Hall–Kier alpha value is -3.68. The van der Waals surface area contributed by atoms with Gasteiger partial charge in [-0.2, -0.15) is 5.10 Å². The van der Waals surface area contributed by atoms with Gasteiger partial charge in [-0.25, -0.2) is 4.98 Å². The maximum atomic E-state index is 12.9. The van der Waals surface area contributed by atoms with Gasteiger partial charge in [-0.05, 0) is 69.5 Å². The second-order valence-electron chi connectivity index (χ2n) is 9.44. The molecule has 0 aliphatic carbocycles. The fraction of sp³-hybridized carbons (Fsp3) is 0.407. The van der Waals surface area contributed by atoms with Gasteiger partial charge in [0, 0.05) is 29.1 Å². The monoisotopic (exact) mass is 475 g/mol. The number of anilines is 1. The Morgan fingerprint density at radius 3 is 2.43 bits per heavy atom. The molecule has 8 nitrogen and oxygen atoms in total. The summed E-state index contributed by atoms with van der Waals surface area (Å²) in [5, 5.41) is 10.2. The van der Waals surface area contributed by atoms with Gasteiger partial charge in [-0.3, -0.25) is 14.7 Å². The van der Waals surface area contributed by atoms with Crippen LogP contribution in [0.5, 0.6) is 5.75 Å². The first-order chi connectivity index (χ1) is 16.8. The molecule has 2 N–H and O–H groups in total. The average molecular weight is 476 g/mol. The summed E-state index contributed by atoms with van der Waals surface area (Å²) in [5.41, 5.74) is 1.85. The Bertz CT molecular complexity index is 1160. The second kappa shape index (κ2) is 10.7. The van der Waals surface area contributed by atoms with Crippen molar-refractivity contribution in [2.24, 2.45) is 0 Å². The molecule has 1 aromatic heterocycles. The van der Waals surface area contributed by atoms with E-state index in [1.165, 1.54) is 0 Å². The van der Waals surface area contributed by atoms with Crippen LogP contribution in [0.1, 0.15) is 69.1 Å². The number of aromatic nitrogens is 3. The molecule has 4 rings (SSSR count). The van der Waals surface area contributed by atoms with Crippen molar-refractivity contribution in [2.75, 3.05) is 11.9 Å². The minimum absolute atomic E-state index is 0.00396. The summed E-state index contributed by atoms with van der Waals surface area (Å²) in [6, 6.07) is 14.7. The normalized spacial score (nSPS) is 17.9. The lowest BCUT2D eigenvalue weighted by Crippen LogP contribution is -2.49. The number of benzene rings is 2. The molecule has 1 saturated heterocycles. The van der Waals surface area contributed by atoms with E-state index in [1.54, 1.807) is 24.3 Å². The number of aromatic amines is 1. The van der Waals surface area contributed by atoms with Crippen molar-refractivity contribution in [3.8, 4) is 17.1 Å². The molecule has 0 radical (unpaired) electrons. The number of nitrogens with one attached hydrogen (secondary N) is 2. The number of piperidine rings is 1. The van der Waals surface area contributed by atoms with Gasteiger partial charge in [0.05, 0.1) is 5.69 Å². The third kappa shape index (κ3) is 5.70. The van der Waals surface area contributed by atoms with Crippen LogP contribution in [0.2, 0.25) is 0 Å². The SMILES string of the molecule is CC(C)c1nc(-c2ccccc2NC(=O)c2ccc(OCC(=O)N3C(C)CCCC3C)cc2)n[nH]1. The predicted molar refractivity (Wildman–Crippen MR) is 135 cm³/mol. The van der Waals surface area contributed by atoms with Crippen LogP contribution in [0.3, 0.4) is 0 Å². The summed E-state index contributed by atoms with van der Waals surface area (Å²) < 4.78 is 5.73. The zero-order valence-electron chi connectivity index (χ0n) is 20.7. The van der Waals surface area contributed by atoms with Crippen molar-refractivity contribution in [3.05, 3.63) is 59.9 Å². The van der Waals surface area contributed by atoms with Gasteiger partial charge in [-0.15, -0.1) is 0 Å². The molecule has 2 atom stereocenters. The molecule has 0 saturated carbocycles. The third-order valence-electron chi connectivity index (χ3n) is 6.43. The van der Waals surface area contributed by atoms with Crippen LogP contribution in [0.4, 0.5) is 5.69 Å². The highest BCUT2D eigenvalue weighted by Crippen LogP contribution is 2.27. The second-order valence-corrected chi connectivity index (χ2v) is 9.44. The minimum Gasteiger partial charge on any atom is -0.484 e. The molecule has 35 heavy (non-hydrogen) atoms. The Labute approximate surface area is 206 Å². The first-order valence-corrected chi connectivity index (χ1v) is 12.2. The molecular formula is C27H33N5O3. The summed E-state index contributed by atoms with van der Waals surface area (Å²) >= 11 is 0. The number of carbonyl (C=O) groups excluding carboxylic acids is 2. The van der Waals surface area contributed by atoms with Crippen LogP contribution in [0, 0.1) is 0 Å². The van der Waals surface area contributed by atoms with E-state index in [4.69, 9.17) is 4.74 Å². The zero-order chi connectivity index (χ0) is 24.9. The van der Waals surface area contributed by atoms with E-state index >= 15 is 0 Å². The highest BCUT2D eigenvalue weighted by Gasteiger charge is 2.29. The fourth-order valence-corrected chi connectivity index (χ4v) is 4.47. The van der Waals surface area contributed by atoms with E-state index in [-0.39, 0.29) is 36.4 Å². The van der Waals surface area contributed by atoms with Crippen molar-refractivity contribution in [3.63, 3.8) is 0 Å². The van der Waals surface area contributed by atoms with E-state index in [0.29, 0.717) is 22.8 Å².